The maximum absolute atomic E-state index is 12.2. The fraction of sp³-hybridized carbons (Fsp3) is 1.00. The van der Waals surface area contributed by atoms with Gasteiger partial charge in [0, 0.05) is 0 Å². The molecule has 0 radical (unpaired) electrons. The molecule has 0 aliphatic heterocycles. The van der Waals surface area contributed by atoms with E-state index in [1.165, 1.54) is 0 Å². The van der Waals surface area contributed by atoms with Crippen molar-refractivity contribution >= 4 is 11.8 Å². The molecule has 0 aromatic heterocycles. The van der Waals surface area contributed by atoms with E-state index in [2.05, 4.69) is 0 Å². The van der Waals surface area contributed by atoms with E-state index < -0.39 is 11.4 Å². The number of hydrogen-bond donors (Lipinski definition) is 1. The third-order valence-electron chi connectivity index (χ3n) is 1.23. The zero-order valence-electron chi connectivity index (χ0n) is 7.19. The van der Waals surface area contributed by atoms with Gasteiger partial charge in [0.25, 0.3) is 0 Å². The minimum atomic E-state index is -4.12. The number of thioether (sulfide) groups is 1. The number of rotatable bonds is 4. The summed E-state index contributed by atoms with van der Waals surface area (Å²) >= 11 is 0.926. The van der Waals surface area contributed by atoms with Crippen molar-refractivity contribution in [1.82, 2.24) is 0 Å². The largest absolute Gasteiger partial charge is 0.400 e. The summed E-state index contributed by atoms with van der Waals surface area (Å²) in [5.41, 5.74) is 5.09. The molecule has 0 aromatic rings. The first-order valence-electron chi connectivity index (χ1n) is 3.80. The summed E-state index contributed by atoms with van der Waals surface area (Å²) in [6, 6.07) is 0. The highest BCUT2D eigenvalue weighted by molar-refractivity contribution is 8.00. The zero-order chi connectivity index (χ0) is 9.78. The van der Waals surface area contributed by atoms with Crippen LogP contribution in [0.1, 0.15) is 20.3 Å². The van der Waals surface area contributed by atoms with Crippen LogP contribution in [0.3, 0.4) is 0 Å². The second kappa shape index (κ2) is 4.97. The van der Waals surface area contributed by atoms with Gasteiger partial charge in [0.1, 0.15) is 5.25 Å². The van der Waals surface area contributed by atoms with Gasteiger partial charge in [-0.2, -0.15) is 13.2 Å². The molecule has 0 aliphatic carbocycles. The molecule has 1 unspecified atom stereocenters. The van der Waals surface area contributed by atoms with E-state index in [1.807, 2.05) is 0 Å². The number of alkyl halides is 3. The topological polar surface area (TPSA) is 26.0 Å². The molecule has 0 saturated heterocycles. The van der Waals surface area contributed by atoms with Gasteiger partial charge >= 0.3 is 6.18 Å². The molecule has 0 saturated carbocycles. The molecule has 0 rings (SSSR count). The fourth-order valence-corrected chi connectivity index (χ4v) is 1.87. The van der Waals surface area contributed by atoms with Crippen LogP contribution < -0.4 is 5.73 Å². The van der Waals surface area contributed by atoms with Crippen molar-refractivity contribution in [1.29, 1.82) is 0 Å². The summed E-state index contributed by atoms with van der Waals surface area (Å²) in [5, 5.41) is -1.31. The van der Waals surface area contributed by atoms with Crippen LogP contribution in [0.5, 0.6) is 0 Å². The van der Waals surface area contributed by atoms with Crippen LogP contribution in [-0.2, 0) is 0 Å². The van der Waals surface area contributed by atoms with E-state index in [-0.39, 0.29) is 18.2 Å². The van der Waals surface area contributed by atoms with Gasteiger partial charge in [-0.25, -0.2) is 0 Å². The Hall–Kier alpha value is 0.100. The maximum atomic E-state index is 12.2. The average molecular weight is 201 g/mol. The predicted molar refractivity (Wildman–Crippen MR) is 46.2 cm³/mol. The Labute approximate surface area is 74.9 Å². The highest BCUT2D eigenvalue weighted by Crippen LogP contribution is 2.34. The van der Waals surface area contributed by atoms with Crippen LogP contribution in [0.15, 0.2) is 0 Å². The Kier molecular flexibility index (Phi) is 5.01. The fourth-order valence-electron chi connectivity index (χ4n) is 0.789. The predicted octanol–water partition coefficient (Wildman–Crippen LogP) is 2.41. The van der Waals surface area contributed by atoms with Crippen LogP contribution in [-0.4, -0.2) is 23.2 Å². The highest BCUT2D eigenvalue weighted by atomic mass is 32.2. The van der Waals surface area contributed by atoms with Crippen molar-refractivity contribution in [3.05, 3.63) is 0 Å². The molecule has 0 aromatic carbocycles. The normalized spacial score (nSPS) is 15.2. The Morgan fingerprint density at radius 2 is 1.83 bits per heavy atom. The standard InChI is InChI=1S/C7H14F3NS/c1-5(2)12-6(3-4-11)7(8,9)10/h5-6H,3-4,11H2,1-2H3. The summed E-state index contributed by atoms with van der Waals surface area (Å²) in [7, 11) is 0. The second-order valence-corrected chi connectivity index (χ2v) is 4.58. The van der Waals surface area contributed by atoms with Gasteiger partial charge in [-0.1, -0.05) is 13.8 Å². The summed E-state index contributed by atoms with van der Waals surface area (Å²) in [5.74, 6) is 0. The molecule has 5 heteroatoms. The van der Waals surface area contributed by atoms with Crippen molar-refractivity contribution in [2.45, 2.75) is 36.9 Å². The first-order chi connectivity index (χ1) is 5.38. The molecule has 0 amide bonds. The first kappa shape index (κ1) is 12.1. The summed E-state index contributed by atoms with van der Waals surface area (Å²) in [4.78, 5) is 0. The molecule has 0 bridgehead atoms. The van der Waals surface area contributed by atoms with E-state index in [9.17, 15) is 13.2 Å². The van der Waals surface area contributed by atoms with Gasteiger partial charge in [0.15, 0.2) is 0 Å². The van der Waals surface area contributed by atoms with Gasteiger partial charge in [0.2, 0.25) is 0 Å². The monoisotopic (exact) mass is 201 g/mol. The van der Waals surface area contributed by atoms with Crippen molar-refractivity contribution < 1.29 is 13.2 Å². The third kappa shape index (κ3) is 4.87. The average Bonchev–Trinajstić information content (AvgIpc) is 1.83. The lowest BCUT2D eigenvalue weighted by molar-refractivity contribution is -0.129. The van der Waals surface area contributed by atoms with Crippen LogP contribution in [0.25, 0.3) is 0 Å². The SMILES string of the molecule is CC(C)SC(CCN)C(F)(F)F. The van der Waals surface area contributed by atoms with Gasteiger partial charge in [-0.3, -0.25) is 0 Å². The van der Waals surface area contributed by atoms with Gasteiger partial charge < -0.3 is 5.73 Å². The molecule has 0 heterocycles. The molecular formula is C7H14F3NS. The molecule has 1 atom stereocenters. The smallest absolute Gasteiger partial charge is 0.330 e. The molecule has 74 valence electrons. The lowest BCUT2D eigenvalue weighted by atomic mass is 10.3. The third-order valence-corrected chi connectivity index (χ3v) is 2.61. The van der Waals surface area contributed by atoms with E-state index >= 15 is 0 Å². The Bertz CT molecular complexity index is 124. The van der Waals surface area contributed by atoms with Crippen molar-refractivity contribution in [3.63, 3.8) is 0 Å². The van der Waals surface area contributed by atoms with E-state index in [0.29, 0.717) is 0 Å². The lowest BCUT2D eigenvalue weighted by Gasteiger charge is -2.20. The second-order valence-electron chi connectivity index (χ2n) is 2.79. The molecule has 0 fully saturated rings. The summed E-state index contributed by atoms with van der Waals surface area (Å²) in [6.45, 7) is 3.59. The van der Waals surface area contributed by atoms with E-state index in [1.54, 1.807) is 13.8 Å². The Morgan fingerprint density at radius 1 is 1.33 bits per heavy atom. The highest BCUT2D eigenvalue weighted by Gasteiger charge is 2.39. The molecular weight excluding hydrogens is 187 g/mol. The first-order valence-corrected chi connectivity index (χ1v) is 4.74. The number of halogens is 3. The summed E-state index contributed by atoms with van der Waals surface area (Å²) in [6.07, 6.45) is -4.11. The minimum absolute atomic E-state index is 0.00630. The lowest BCUT2D eigenvalue weighted by Crippen LogP contribution is -2.29. The van der Waals surface area contributed by atoms with Crippen molar-refractivity contribution in [2.24, 2.45) is 5.73 Å². The zero-order valence-corrected chi connectivity index (χ0v) is 8.00. The summed E-state index contributed by atoms with van der Waals surface area (Å²) < 4.78 is 36.6. The van der Waals surface area contributed by atoms with Crippen molar-refractivity contribution in [3.8, 4) is 0 Å². The van der Waals surface area contributed by atoms with E-state index in [4.69, 9.17) is 5.73 Å². The molecule has 0 aliphatic rings. The number of hydrogen-bond acceptors (Lipinski definition) is 2. The van der Waals surface area contributed by atoms with Crippen LogP contribution in [0, 0.1) is 0 Å². The quantitative estimate of drug-likeness (QED) is 0.755. The number of nitrogens with two attached hydrogens (primary N) is 1. The maximum Gasteiger partial charge on any atom is 0.400 e. The molecule has 0 spiro atoms. The van der Waals surface area contributed by atoms with E-state index in [0.717, 1.165) is 11.8 Å². The van der Waals surface area contributed by atoms with Crippen LogP contribution in [0.4, 0.5) is 13.2 Å². The molecule has 12 heavy (non-hydrogen) atoms. The molecule has 2 N–H and O–H groups in total. The Balaban J connectivity index is 4.04. The van der Waals surface area contributed by atoms with Gasteiger partial charge in [-0.15, -0.1) is 11.8 Å². The van der Waals surface area contributed by atoms with Gasteiger partial charge in [-0.05, 0) is 18.2 Å². The molecule has 1 nitrogen and oxygen atoms in total. The van der Waals surface area contributed by atoms with Crippen LogP contribution in [0.2, 0.25) is 0 Å². The Morgan fingerprint density at radius 3 is 2.08 bits per heavy atom. The van der Waals surface area contributed by atoms with Crippen LogP contribution >= 0.6 is 11.8 Å². The van der Waals surface area contributed by atoms with Crippen molar-refractivity contribution in [2.75, 3.05) is 6.54 Å². The minimum Gasteiger partial charge on any atom is -0.330 e. The van der Waals surface area contributed by atoms with Gasteiger partial charge in [0.05, 0.1) is 0 Å².